The zero-order valence-corrected chi connectivity index (χ0v) is 13.3. The topological polar surface area (TPSA) is 37.3 Å². The van der Waals surface area contributed by atoms with Crippen molar-refractivity contribution < 1.29 is 0 Å². The Kier molecular flexibility index (Phi) is 4.48. The molecule has 0 aliphatic carbocycles. The zero-order chi connectivity index (χ0) is 16.1. The van der Waals surface area contributed by atoms with E-state index < -0.39 is 0 Å². The molecule has 3 rings (SSSR count). The molecule has 0 bridgehead atoms. The molecule has 1 N–H and O–H groups in total. The van der Waals surface area contributed by atoms with Gasteiger partial charge in [-0.2, -0.15) is 5.10 Å². The van der Waals surface area contributed by atoms with E-state index in [1.807, 2.05) is 60.7 Å². The second kappa shape index (κ2) is 6.88. The van der Waals surface area contributed by atoms with Gasteiger partial charge in [-0.15, -0.1) is 0 Å². The Morgan fingerprint density at radius 1 is 0.870 bits per heavy atom. The fourth-order valence-electron chi connectivity index (χ4n) is 2.36. The second-order valence-electron chi connectivity index (χ2n) is 5.40. The van der Waals surface area contributed by atoms with Crippen LogP contribution in [-0.2, 0) is 0 Å². The minimum absolute atomic E-state index is 0.826. The molecule has 0 saturated carbocycles. The van der Waals surface area contributed by atoms with Crippen LogP contribution in [0.25, 0.3) is 0 Å². The first-order valence-corrected chi connectivity index (χ1v) is 7.62. The van der Waals surface area contributed by atoms with E-state index in [1.54, 1.807) is 6.20 Å². The molecule has 3 nitrogen and oxygen atoms in total. The third kappa shape index (κ3) is 3.46. The molecule has 3 aromatic rings. The summed E-state index contributed by atoms with van der Waals surface area (Å²) in [5.41, 5.74) is 9.35. The van der Waals surface area contributed by atoms with Crippen LogP contribution in [0, 0.1) is 13.8 Å². The van der Waals surface area contributed by atoms with Gasteiger partial charge in [-0.3, -0.25) is 10.4 Å². The summed E-state index contributed by atoms with van der Waals surface area (Å²) in [4.78, 5) is 4.44. The molecule has 0 atom stereocenters. The van der Waals surface area contributed by atoms with Crippen molar-refractivity contribution in [1.82, 2.24) is 4.98 Å². The highest BCUT2D eigenvalue weighted by Crippen LogP contribution is 2.18. The van der Waals surface area contributed by atoms with Crippen LogP contribution in [-0.4, -0.2) is 10.7 Å². The number of aryl methyl sites for hydroxylation is 1. The van der Waals surface area contributed by atoms with Crippen molar-refractivity contribution in [2.45, 2.75) is 13.8 Å². The van der Waals surface area contributed by atoms with Gasteiger partial charge in [0, 0.05) is 11.8 Å². The smallest absolute Gasteiger partial charge is 0.116 e. The molecule has 23 heavy (non-hydrogen) atoms. The highest BCUT2D eigenvalue weighted by Gasteiger charge is 2.08. The Labute approximate surface area is 136 Å². The third-order valence-corrected chi connectivity index (χ3v) is 3.85. The van der Waals surface area contributed by atoms with Gasteiger partial charge in [-0.25, -0.2) is 0 Å². The summed E-state index contributed by atoms with van der Waals surface area (Å²) in [6.07, 6.45) is 1.78. The van der Waals surface area contributed by atoms with Crippen LogP contribution in [0.4, 0.5) is 5.69 Å². The number of anilines is 1. The van der Waals surface area contributed by atoms with Crippen LogP contribution in [0.3, 0.4) is 0 Å². The van der Waals surface area contributed by atoms with Crippen LogP contribution in [0.1, 0.15) is 22.4 Å². The number of rotatable bonds is 4. The molecule has 3 heteroatoms. The number of nitrogens with zero attached hydrogens (tertiary/aromatic N) is 2. The van der Waals surface area contributed by atoms with E-state index in [-0.39, 0.29) is 0 Å². The molecule has 0 fully saturated rings. The van der Waals surface area contributed by atoms with Gasteiger partial charge >= 0.3 is 0 Å². The van der Waals surface area contributed by atoms with Crippen molar-refractivity contribution in [1.29, 1.82) is 0 Å². The number of nitrogens with one attached hydrogen (secondary N) is 1. The maximum Gasteiger partial charge on any atom is 0.116 e. The standard InChI is InChI=1S/C20H19N3/c1-15-9-8-13-18(16(15)2)22-23-20(17-10-4-3-5-11-17)19-12-6-7-14-21-19/h3-14,22H,1-2H3. The average molecular weight is 301 g/mol. The number of hydrogen-bond donors (Lipinski definition) is 1. The molecule has 0 amide bonds. The minimum Gasteiger partial charge on any atom is -0.278 e. The number of hydrogen-bond acceptors (Lipinski definition) is 3. The molecule has 0 aliphatic heterocycles. The lowest BCUT2D eigenvalue weighted by Gasteiger charge is -2.10. The first-order chi connectivity index (χ1) is 11.3. The molecule has 2 aromatic carbocycles. The Morgan fingerprint density at radius 2 is 1.65 bits per heavy atom. The Hall–Kier alpha value is -2.94. The highest BCUT2D eigenvalue weighted by molar-refractivity contribution is 6.11. The fraction of sp³-hybridized carbons (Fsp3) is 0.100. The molecule has 0 aliphatic rings. The van der Waals surface area contributed by atoms with Gasteiger partial charge in [0.1, 0.15) is 5.71 Å². The van der Waals surface area contributed by atoms with Crippen LogP contribution < -0.4 is 5.43 Å². The lowest BCUT2D eigenvalue weighted by Crippen LogP contribution is -2.08. The molecular weight excluding hydrogens is 282 g/mol. The van der Waals surface area contributed by atoms with Crippen molar-refractivity contribution in [3.05, 3.63) is 95.3 Å². The van der Waals surface area contributed by atoms with Gasteiger partial charge < -0.3 is 0 Å². The summed E-state index contributed by atoms with van der Waals surface area (Å²) < 4.78 is 0. The summed E-state index contributed by atoms with van der Waals surface area (Å²) in [7, 11) is 0. The molecular formula is C20H19N3. The monoisotopic (exact) mass is 301 g/mol. The lowest BCUT2D eigenvalue weighted by molar-refractivity contribution is 1.23. The minimum atomic E-state index is 0.826. The van der Waals surface area contributed by atoms with Crippen molar-refractivity contribution in [3.63, 3.8) is 0 Å². The van der Waals surface area contributed by atoms with Gasteiger partial charge in [-0.1, -0.05) is 48.5 Å². The average Bonchev–Trinajstić information content (AvgIpc) is 2.60. The summed E-state index contributed by atoms with van der Waals surface area (Å²) in [5, 5.41) is 4.64. The van der Waals surface area contributed by atoms with Gasteiger partial charge in [0.15, 0.2) is 0 Å². The maximum absolute atomic E-state index is 4.64. The molecule has 0 saturated heterocycles. The quantitative estimate of drug-likeness (QED) is 0.566. The predicted molar refractivity (Wildman–Crippen MR) is 95.9 cm³/mol. The van der Waals surface area contributed by atoms with Crippen molar-refractivity contribution in [2.24, 2.45) is 5.10 Å². The predicted octanol–water partition coefficient (Wildman–Crippen LogP) is 4.56. The third-order valence-electron chi connectivity index (χ3n) is 3.85. The molecule has 0 unspecified atom stereocenters. The summed E-state index contributed by atoms with van der Waals surface area (Å²) in [5.74, 6) is 0. The van der Waals surface area contributed by atoms with E-state index in [2.05, 4.69) is 35.4 Å². The number of aromatic nitrogens is 1. The Morgan fingerprint density at radius 3 is 2.39 bits per heavy atom. The highest BCUT2D eigenvalue weighted by atomic mass is 15.3. The van der Waals surface area contributed by atoms with E-state index >= 15 is 0 Å². The van der Waals surface area contributed by atoms with Crippen LogP contribution in [0.15, 0.2) is 78.0 Å². The summed E-state index contributed by atoms with van der Waals surface area (Å²) in [6, 6.07) is 22.1. The van der Waals surface area contributed by atoms with Crippen LogP contribution >= 0.6 is 0 Å². The van der Waals surface area contributed by atoms with Gasteiger partial charge in [0.2, 0.25) is 0 Å². The first-order valence-electron chi connectivity index (χ1n) is 7.62. The van der Waals surface area contributed by atoms with E-state index in [9.17, 15) is 0 Å². The van der Waals surface area contributed by atoms with Gasteiger partial charge in [0.25, 0.3) is 0 Å². The van der Waals surface area contributed by atoms with Crippen molar-refractivity contribution in [3.8, 4) is 0 Å². The zero-order valence-electron chi connectivity index (χ0n) is 13.3. The molecule has 114 valence electrons. The summed E-state index contributed by atoms with van der Waals surface area (Å²) >= 11 is 0. The molecule has 1 aromatic heterocycles. The lowest BCUT2D eigenvalue weighted by atomic mass is 10.1. The maximum atomic E-state index is 4.64. The summed E-state index contributed by atoms with van der Waals surface area (Å²) in [6.45, 7) is 4.19. The second-order valence-corrected chi connectivity index (χ2v) is 5.40. The largest absolute Gasteiger partial charge is 0.278 e. The Balaban J connectivity index is 2.00. The van der Waals surface area contributed by atoms with Gasteiger partial charge in [0.05, 0.1) is 11.4 Å². The molecule has 0 radical (unpaired) electrons. The molecule has 1 heterocycles. The van der Waals surface area contributed by atoms with Gasteiger partial charge in [-0.05, 0) is 43.2 Å². The number of benzene rings is 2. The van der Waals surface area contributed by atoms with E-state index in [1.165, 1.54) is 11.1 Å². The first kappa shape index (κ1) is 15.0. The van der Waals surface area contributed by atoms with Crippen molar-refractivity contribution >= 4 is 11.4 Å². The van der Waals surface area contributed by atoms with E-state index in [0.29, 0.717) is 0 Å². The normalized spacial score (nSPS) is 11.3. The molecule has 0 spiro atoms. The number of pyridine rings is 1. The van der Waals surface area contributed by atoms with Crippen molar-refractivity contribution in [2.75, 3.05) is 5.43 Å². The Bertz CT molecular complexity index is 767. The van der Waals surface area contributed by atoms with Crippen LogP contribution in [0.2, 0.25) is 0 Å². The fourth-order valence-corrected chi connectivity index (χ4v) is 2.36. The van der Waals surface area contributed by atoms with E-state index in [4.69, 9.17) is 0 Å². The van der Waals surface area contributed by atoms with E-state index in [0.717, 1.165) is 22.7 Å². The SMILES string of the molecule is Cc1cccc(NN=C(c2ccccc2)c2ccccn2)c1C. The number of hydrazone groups is 1. The van der Waals surface area contributed by atoms with Crippen LogP contribution in [0.5, 0.6) is 0 Å².